The summed E-state index contributed by atoms with van der Waals surface area (Å²) < 4.78 is 11.0. The molecule has 0 unspecified atom stereocenters. The Bertz CT molecular complexity index is 1090. The Balaban J connectivity index is 1.53. The summed E-state index contributed by atoms with van der Waals surface area (Å²) in [6.07, 6.45) is 3.36. The molecule has 0 aromatic heterocycles. The minimum atomic E-state index is -0.674. The predicted molar refractivity (Wildman–Crippen MR) is 128 cm³/mol. The second-order valence-corrected chi connectivity index (χ2v) is 9.59. The van der Waals surface area contributed by atoms with Gasteiger partial charge in [0, 0.05) is 25.7 Å². The van der Waals surface area contributed by atoms with E-state index >= 15 is 0 Å². The van der Waals surface area contributed by atoms with Gasteiger partial charge in [-0.05, 0) is 36.6 Å². The molecule has 2 aliphatic rings. The van der Waals surface area contributed by atoms with Crippen molar-refractivity contribution in [2.45, 2.75) is 51.7 Å². The molecule has 1 aliphatic carbocycles. The van der Waals surface area contributed by atoms with Gasteiger partial charge in [0.1, 0.15) is 6.61 Å². The number of likely N-dealkylation sites (tertiary alicyclic amines) is 1. The van der Waals surface area contributed by atoms with Crippen molar-refractivity contribution in [3.8, 4) is 0 Å². The molecule has 7 nitrogen and oxygen atoms in total. The van der Waals surface area contributed by atoms with Gasteiger partial charge in [0.05, 0.1) is 31.5 Å². The summed E-state index contributed by atoms with van der Waals surface area (Å²) >= 11 is 0. The van der Waals surface area contributed by atoms with Crippen molar-refractivity contribution in [1.29, 1.82) is 0 Å². The van der Waals surface area contributed by atoms with E-state index in [4.69, 9.17) is 9.47 Å². The lowest BCUT2D eigenvalue weighted by Gasteiger charge is -2.40. The van der Waals surface area contributed by atoms with Crippen LogP contribution in [0.5, 0.6) is 0 Å². The third kappa shape index (κ3) is 4.57. The summed E-state index contributed by atoms with van der Waals surface area (Å²) in [5.74, 6) is -0.907. The number of nitrogens with one attached hydrogen (secondary N) is 1. The number of hydrogen-bond donors (Lipinski definition) is 1. The van der Waals surface area contributed by atoms with Crippen LogP contribution >= 0.6 is 0 Å². The van der Waals surface area contributed by atoms with Crippen molar-refractivity contribution in [2.24, 2.45) is 0 Å². The number of quaternary nitrogens is 1. The zero-order chi connectivity index (χ0) is 24.3. The number of benzene rings is 2. The van der Waals surface area contributed by atoms with Crippen LogP contribution in [0, 0.1) is 13.8 Å². The Morgan fingerprint density at radius 3 is 2.32 bits per heavy atom. The van der Waals surface area contributed by atoms with Crippen LogP contribution in [0.25, 0.3) is 0 Å². The molecule has 4 rings (SSSR count). The number of rotatable bonds is 8. The average molecular weight is 466 g/mol. The number of anilines is 1. The SMILES string of the molecule is COC(=O)c1cc(C)cc(C)c1NC(=O)C1([N+]2(CC(=O)OCc3ccccc3)CCCC2)CC1. The summed E-state index contributed by atoms with van der Waals surface area (Å²) in [5, 5.41) is 3.05. The largest absolute Gasteiger partial charge is 0.465 e. The maximum absolute atomic E-state index is 13.7. The molecule has 2 aromatic carbocycles. The summed E-state index contributed by atoms with van der Waals surface area (Å²) in [6.45, 7) is 5.71. The van der Waals surface area contributed by atoms with Gasteiger partial charge >= 0.3 is 11.9 Å². The van der Waals surface area contributed by atoms with Crippen LogP contribution in [-0.4, -0.2) is 54.6 Å². The third-order valence-corrected chi connectivity index (χ3v) is 7.27. The van der Waals surface area contributed by atoms with Crippen molar-refractivity contribution in [2.75, 3.05) is 32.1 Å². The van der Waals surface area contributed by atoms with E-state index in [2.05, 4.69) is 5.32 Å². The molecule has 1 heterocycles. The molecule has 1 saturated carbocycles. The standard InChI is InChI=1S/C27H32N2O5/c1-19-15-20(2)24(22(16-19)25(31)33-3)28-26(32)27(11-12-27)29(13-7-8-14-29)17-23(30)34-18-21-9-5-4-6-10-21/h4-6,9-10,15-16H,7-8,11-14,17-18H2,1-3H3/p+1. The Morgan fingerprint density at radius 1 is 1.03 bits per heavy atom. The molecular formula is C27H33N2O5+. The zero-order valence-electron chi connectivity index (χ0n) is 20.2. The highest BCUT2D eigenvalue weighted by molar-refractivity contribution is 6.06. The highest BCUT2D eigenvalue weighted by atomic mass is 16.5. The number of aryl methyl sites for hydroxylation is 2. The minimum Gasteiger partial charge on any atom is -0.465 e. The van der Waals surface area contributed by atoms with Crippen molar-refractivity contribution in [1.82, 2.24) is 0 Å². The van der Waals surface area contributed by atoms with Crippen LogP contribution in [0.15, 0.2) is 42.5 Å². The number of carbonyl (C=O) groups excluding carboxylic acids is 3. The Kier molecular flexibility index (Phi) is 6.75. The second kappa shape index (κ2) is 9.58. The van der Waals surface area contributed by atoms with Crippen molar-refractivity contribution in [3.05, 3.63) is 64.7 Å². The minimum absolute atomic E-state index is 0.137. The predicted octanol–water partition coefficient (Wildman–Crippen LogP) is 3.92. The van der Waals surface area contributed by atoms with Gasteiger partial charge in [0.2, 0.25) is 0 Å². The van der Waals surface area contributed by atoms with Gasteiger partial charge in [-0.2, -0.15) is 0 Å². The lowest BCUT2D eigenvalue weighted by molar-refractivity contribution is -0.934. The van der Waals surface area contributed by atoms with E-state index in [0.29, 0.717) is 28.6 Å². The number of methoxy groups -OCH3 is 1. The molecule has 1 amide bonds. The highest BCUT2D eigenvalue weighted by Gasteiger charge is 2.67. The molecule has 0 atom stereocenters. The molecule has 0 spiro atoms. The first kappa shape index (κ1) is 24.0. The van der Waals surface area contributed by atoms with Crippen LogP contribution in [0.2, 0.25) is 0 Å². The van der Waals surface area contributed by atoms with Gasteiger partial charge in [-0.3, -0.25) is 4.79 Å². The van der Waals surface area contributed by atoms with Crippen LogP contribution < -0.4 is 5.32 Å². The van der Waals surface area contributed by atoms with Gasteiger partial charge in [0.25, 0.3) is 5.91 Å². The van der Waals surface area contributed by atoms with Crippen LogP contribution in [0.4, 0.5) is 5.69 Å². The molecule has 34 heavy (non-hydrogen) atoms. The van der Waals surface area contributed by atoms with Gasteiger partial charge in [-0.1, -0.05) is 36.4 Å². The second-order valence-electron chi connectivity index (χ2n) is 9.59. The fourth-order valence-corrected chi connectivity index (χ4v) is 5.38. The van der Waals surface area contributed by atoms with Crippen molar-refractivity contribution >= 4 is 23.5 Å². The Labute approximate surface area is 200 Å². The normalized spacial score (nSPS) is 17.6. The molecule has 1 saturated heterocycles. The van der Waals surface area contributed by atoms with Gasteiger partial charge in [-0.15, -0.1) is 0 Å². The number of esters is 2. The molecule has 2 aromatic rings. The van der Waals surface area contributed by atoms with Crippen molar-refractivity contribution < 1.29 is 28.3 Å². The smallest absolute Gasteiger partial charge is 0.362 e. The summed E-state index contributed by atoms with van der Waals surface area (Å²) in [4.78, 5) is 39.0. The fraction of sp³-hybridized carbons (Fsp3) is 0.444. The first-order valence-corrected chi connectivity index (χ1v) is 11.9. The summed E-state index contributed by atoms with van der Waals surface area (Å²) in [6, 6.07) is 13.3. The maximum atomic E-state index is 13.7. The van der Waals surface area contributed by atoms with E-state index in [9.17, 15) is 14.4 Å². The number of amides is 1. The third-order valence-electron chi connectivity index (χ3n) is 7.27. The van der Waals surface area contributed by atoms with E-state index < -0.39 is 11.5 Å². The summed E-state index contributed by atoms with van der Waals surface area (Å²) in [7, 11) is 1.33. The van der Waals surface area contributed by atoms with Gasteiger partial charge < -0.3 is 19.3 Å². The van der Waals surface area contributed by atoms with Crippen molar-refractivity contribution in [3.63, 3.8) is 0 Å². The number of nitrogens with zero attached hydrogens (tertiary/aromatic N) is 1. The number of hydrogen-bond acceptors (Lipinski definition) is 5. The maximum Gasteiger partial charge on any atom is 0.362 e. The highest BCUT2D eigenvalue weighted by Crippen LogP contribution is 2.50. The fourth-order valence-electron chi connectivity index (χ4n) is 5.38. The molecule has 2 fully saturated rings. The zero-order valence-corrected chi connectivity index (χ0v) is 20.2. The first-order valence-electron chi connectivity index (χ1n) is 11.9. The lowest BCUT2D eigenvalue weighted by Crippen LogP contribution is -2.62. The topological polar surface area (TPSA) is 81.7 Å². The monoisotopic (exact) mass is 465 g/mol. The van der Waals surface area contributed by atoms with Crippen LogP contribution in [-0.2, 0) is 25.7 Å². The summed E-state index contributed by atoms with van der Waals surface area (Å²) in [5.41, 5.74) is 2.82. The van der Waals surface area contributed by atoms with Crippen LogP contribution in [0.3, 0.4) is 0 Å². The Hall–Kier alpha value is -3.19. The molecule has 1 N–H and O–H groups in total. The van der Waals surface area contributed by atoms with Gasteiger partial charge in [-0.25, -0.2) is 9.59 Å². The average Bonchev–Trinajstić information content (AvgIpc) is 3.53. The van der Waals surface area contributed by atoms with E-state index in [1.54, 1.807) is 6.07 Å². The molecule has 7 heteroatoms. The molecule has 0 radical (unpaired) electrons. The number of carbonyl (C=O) groups is 3. The van der Waals surface area contributed by atoms with Crippen LogP contribution in [0.1, 0.15) is 52.7 Å². The molecule has 1 aliphatic heterocycles. The van der Waals surface area contributed by atoms with E-state index in [1.807, 2.05) is 50.2 Å². The molecular weight excluding hydrogens is 432 g/mol. The van der Waals surface area contributed by atoms with E-state index in [0.717, 1.165) is 42.6 Å². The van der Waals surface area contributed by atoms with Gasteiger partial charge in [0.15, 0.2) is 12.1 Å². The Morgan fingerprint density at radius 2 is 1.71 bits per heavy atom. The lowest BCUT2D eigenvalue weighted by atomic mass is 10.0. The number of ether oxygens (including phenoxy) is 2. The first-order chi connectivity index (χ1) is 16.3. The quantitative estimate of drug-likeness (QED) is 0.472. The van der Waals surface area contributed by atoms with E-state index in [1.165, 1.54) is 7.11 Å². The molecule has 0 bridgehead atoms. The van der Waals surface area contributed by atoms with E-state index in [-0.39, 0.29) is 25.0 Å². The molecule has 180 valence electrons.